The SMILES string of the molecule is Cc1nc(CCN2CC(=O)NCC2=O)no1. The van der Waals surface area contributed by atoms with E-state index >= 15 is 0 Å². The van der Waals surface area contributed by atoms with Crippen LogP contribution in [0.25, 0.3) is 0 Å². The van der Waals surface area contributed by atoms with E-state index in [0.717, 1.165) is 0 Å². The molecule has 86 valence electrons. The summed E-state index contributed by atoms with van der Waals surface area (Å²) in [4.78, 5) is 28.0. The van der Waals surface area contributed by atoms with Crippen LogP contribution in [0, 0.1) is 6.92 Å². The summed E-state index contributed by atoms with van der Waals surface area (Å²) in [6, 6.07) is 0. The van der Waals surface area contributed by atoms with Crippen molar-refractivity contribution in [3.8, 4) is 0 Å². The van der Waals surface area contributed by atoms with Crippen molar-refractivity contribution in [3.63, 3.8) is 0 Å². The highest BCUT2D eigenvalue weighted by Gasteiger charge is 2.22. The van der Waals surface area contributed by atoms with Crippen LogP contribution in [0.2, 0.25) is 0 Å². The molecule has 0 radical (unpaired) electrons. The molecule has 2 rings (SSSR count). The van der Waals surface area contributed by atoms with Gasteiger partial charge in [-0.3, -0.25) is 9.59 Å². The van der Waals surface area contributed by atoms with Crippen molar-refractivity contribution in [2.24, 2.45) is 0 Å². The molecule has 1 fully saturated rings. The van der Waals surface area contributed by atoms with Crippen LogP contribution in [0.1, 0.15) is 11.7 Å². The zero-order valence-electron chi connectivity index (χ0n) is 8.89. The molecule has 2 amide bonds. The smallest absolute Gasteiger partial charge is 0.242 e. The highest BCUT2D eigenvalue weighted by molar-refractivity contribution is 5.92. The number of carbonyl (C=O) groups is 2. The van der Waals surface area contributed by atoms with Crippen LogP contribution >= 0.6 is 0 Å². The van der Waals surface area contributed by atoms with E-state index in [2.05, 4.69) is 15.5 Å². The molecule has 0 aromatic carbocycles. The molecule has 7 heteroatoms. The van der Waals surface area contributed by atoms with E-state index < -0.39 is 0 Å². The van der Waals surface area contributed by atoms with Crippen LogP contribution in [0.3, 0.4) is 0 Å². The Labute approximate surface area is 91.8 Å². The third kappa shape index (κ3) is 2.36. The molecule has 0 aliphatic carbocycles. The van der Waals surface area contributed by atoms with Crippen LogP contribution < -0.4 is 5.32 Å². The van der Waals surface area contributed by atoms with E-state index in [4.69, 9.17) is 4.52 Å². The standard InChI is InChI=1S/C9H12N4O3/c1-6-11-7(12-16-6)2-3-13-5-8(14)10-4-9(13)15/h2-5H2,1H3,(H,10,14). The van der Waals surface area contributed by atoms with Crippen molar-refractivity contribution in [2.75, 3.05) is 19.6 Å². The fourth-order valence-corrected chi connectivity index (χ4v) is 1.49. The topological polar surface area (TPSA) is 88.3 Å². The summed E-state index contributed by atoms with van der Waals surface area (Å²) < 4.78 is 4.81. The Hall–Kier alpha value is -1.92. The van der Waals surface area contributed by atoms with Gasteiger partial charge in [0.25, 0.3) is 0 Å². The van der Waals surface area contributed by atoms with Gasteiger partial charge >= 0.3 is 0 Å². The molecule has 1 N–H and O–H groups in total. The van der Waals surface area contributed by atoms with Gasteiger partial charge in [-0.2, -0.15) is 4.98 Å². The normalized spacial score (nSPS) is 16.4. The van der Waals surface area contributed by atoms with Crippen LogP contribution in [0.5, 0.6) is 0 Å². The van der Waals surface area contributed by atoms with E-state index in [1.54, 1.807) is 6.92 Å². The molecule has 0 bridgehead atoms. The summed E-state index contributed by atoms with van der Waals surface area (Å²) in [6.45, 7) is 2.32. The second-order valence-corrected chi connectivity index (χ2v) is 3.57. The van der Waals surface area contributed by atoms with E-state index in [0.29, 0.717) is 24.7 Å². The number of aryl methyl sites for hydroxylation is 1. The number of aromatic nitrogens is 2. The fraction of sp³-hybridized carbons (Fsp3) is 0.556. The second kappa shape index (κ2) is 4.30. The number of hydrogen-bond acceptors (Lipinski definition) is 5. The molecular weight excluding hydrogens is 212 g/mol. The highest BCUT2D eigenvalue weighted by atomic mass is 16.5. The lowest BCUT2D eigenvalue weighted by atomic mass is 10.3. The Bertz CT molecular complexity index is 415. The van der Waals surface area contributed by atoms with Gasteiger partial charge in [-0.15, -0.1) is 0 Å². The predicted octanol–water partition coefficient (Wildman–Crippen LogP) is -1.12. The van der Waals surface area contributed by atoms with Crippen LogP contribution in [-0.2, 0) is 16.0 Å². The number of rotatable bonds is 3. The molecule has 0 unspecified atom stereocenters. The maximum Gasteiger partial charge on any atom is 0.242 e. The predicted molar refractivity (Wildman–Crippen MR) is 52.3 cm³/mol. The first-order chi connectivity index (χ1) is 7.65. The van der Waals surface area contributed by atoms with Gasteiger partial charge in [0.15, 0.2) is 5.82 Å². The maximum absolute atomic E-state index is 11.4. The first-order valence-corrected chi connectivity index (χ1v) is 4.99. The van der Waals surface area contributed by atoms with Gasteiger partial charge in [-0.25, -0.2) is 0 Å². The maximum atomic E-state index is 11.4. The molecule has 7 nitrogen and oxygen atoms in total. The number of nitrogens with zero attached hydrogens (tertiary/aromatic N) is 3. The minimum atomic E-state index is -0.135. The van der Waals surface area contributed by atoms with E-state index in [1.165, 1.54) is 4.90 Å². The van der Waals surface area contributed by atoms with Crippen molar-refractivity contribution in [3.05, 3.63) is 11.7 Å². The summed E-state index contributed by atoms with van der Waals surface area (Å²) >= 11 is 0. The van der Waals surface area contributed by atoms with Gasteiger partial charge in [0, 0.05) is 19.9 Å². The molecule has 16 heavy (non-hydrogen) atoms. The zero-order valence-corrected chi connectivity index (χ0v) is 8.89. The second-order valence-electron chi connectivity index (χ2n) is 3.57. The third-order valence-electron chi connectivity index (χ3n) is 2.30. The zero-order chi connectivity index (χ0) is 11.5. The lowest BCUT2D eigenvalue weighted by molar-refractivity contribution is -0.140. The quantitative estimate of drug-likeness (QED) is 0.702. The number of nitrogens with one attached hydrogen (secondary N) is 1. The van der Waals surface area contributed by atoms with Gasteiger partial charge in [0.1, 0.15) is 0 Å². The molecule has 1 saturated heterocycles. The average Bonchev–Trinajstić information content (AvgIpc) is 2.66. The lowest BCUT2D eigenvalue weighted by Gasteiger charge is -2.25. The Morgan fingerprint density at radius 2 is 2.31 bits per heavy atom. The Morgan fingerprint density at radius 1 is 1.50 bits per heavy atom. The summed E-state index contributed by atoms with van der Waals surface area (Å²) in [7, 11) is 0. The molecule has 2 heterocycles. The molecule has 0 atom stereocenters. The lowest BCUT2D eigenvalue weighted by Crippen LogP contribution is -2.52. The van der Waals surface area contributed by atoms with Crippen LogP contribution in [-0.4, -0.2) is 46.5 Å². The Morgan fingerprint density at radius 3 is 3.00 bits per heavy atom. The highest BCUT2D eigenvalue weighted by Crippen LogP contribution is 2.00. The van der Waals surface area contributed by atoms with Crippen LogP contribution in [0.15, 0.2) is 4.52 Å². The average molecular weight is 224 g/mol. The molecule has 1 aromatic rings. The molecule has 0 saturated carbocycles. The molecule has 1 aromatic heterocycles. The molecule has 1 aliphatic heterocycles. The minimum absolute atomic E-state index is 0.0735. The third-order valence-corrected chi connectivity index (χ3v) is 2.30. The summed E-state index contributed by atoms with van der Waals surface area (Å²) in [5.41, 5.74) is 0. The number of piperazine rings is 1. The summed E-state index contributed by atoms with van der Waals surface area (Å²) in [5, 5.41) is 6.20. The van der Waals surface area contributed by atoms with Gasteiger partial charge in [-0.05, 0) is 0 Å². The first-order valence-electron chi connectivity index (χ1n) is 4.99. The van der Waals surface area contributed by atoms with Crippen molar-refractivity contribution >= 4 is 11.8 Å². The van der Waals surface area contributed by atoms with E-state index in [-0.39, 0.29) is 24.9 Å². The summed E-state index contributed by atoms with van der Waals surface area (Å²) in [5.74, 6) is 0.831. The van der Waals surface area contributed by atoms with E-state index in [9.17, 15) is 9.59 Å². The van der Waals surface area contributed by atoms with Gasteiger partial charge in [-0.1, -0.05) is 5.16 Å². The fourth-order valence-electron chi connectivity index (χ4n) is 1.49. The molecule has 0 spiro atoms. The largest absolute Gasteiger partial charge is 0.345 e. The van der Waals surface area contributed by atoms with Crippen molar-refractivity contribution in [2.45, 2.75) is 13.3 Å². The van der Waals surface area contributed by atoms with Crippen molar-refractivity contribution in [1.82, 2.24) is 20.4 Å². The van der Waals surface area contributed by atoms with Gasteiger partial charge in [0.05, 0.1) is 13.1 Å². The number of hydrogen-bond donors (Lipinski definition) is 1. The van der Waals surface area contributed by atoms with Crippen LogP contribution in [0.4, 0.5) is 0 Å². The minimum Gasteiger partial charge on any atom is -0.345 e. The monoisotopic (exact) mass is 224 g/mol. The molecule has 1 aliphatic rings. The van der Waals surface area contributed by atoms with Gasteiger partial charge in [0.2, 0.25) is 17.7 Å². The van der Waals surface area contributed by atoms with Crippen molar-refractivity contribution in [1.29, 1.82) is 0 Å². The van der Waals surface area contributed by atoms with Gasteiger partial charge < -0.3 is 14.7 Å². The summed E-state index contributed by atoms with van der Waals surface area (Å²) in [6.07, 6.45) is 0.496. The number of amides is 2. The molecular formula is C9H12N4O3. The van der Waals surface area contributed by atoms with E-state index in [1.807, 2.05) is 0 Å². The Balaban J connectivity index is 1.89. The number of carbonyl (C=O) groups excluding carboxylic acids is 2. The Kier molecular flexibility index (Phi) is 2.84. The van der Waals surface area contributed by atoms with Crippen molar-refractivity contribution < 1.29 is 14.1 Å². The first kappa shape index (κ1) is 10.6.